The number of aromatic nitrogens is 6. The molecule has 0 aromatic carbocycles. The van der Waals surface area contributed by atoms with Crippen LogP contribution in [-0.4, -0.2) is 46.2 Å². The lowest BCUT2D eigenvalue weighted by molar-refractivity contribution is -0.391. The third kappa shape index (κ3) is 3.42. The van der Waals surface area contributed by atoms with Crippen LogP contribution in [0.1, 0.15) is 39.0 Å². The van der Waals surface area contributed by atoms with Crippen molar-refractivity contribution in [1.29, 1.82) is 0 Å². The number of aliphatic imine (C=N–C) groups is 1. The number of imidazole rings is 1. The lowest BCUT2D eigenvalue weighted by Gasteiger charge is -2.23. The maximum absolute atomic E-state index is 11.1. The molecule has 1 aliphatic carbocycles. The fourth-order valence-corrected chi connectivity index (χ4v) is 3.50. The smallest absolute Gasteiger partial charge is 0.343 e. The van der Waals surface area contributed by atoms with Crippen molar-refractivity contribution >= 4 is 23.1 Å². The van der Waals surface area contributed by atoms with Crippen LogP contribution in [0.4, 0.5) is 11.6 Å². The molecule has 28 heavy (non-hydrogen) atoms. The zero-order valence-corrected chi connectivity index (χ0v) is 15.7. The van der Waals surface area contributed by atoms with Gasteiger partial charge in [-0.15, -0.1) is 15.3 Å². The van der Waals surface area contributed by atoms with Gasteiger partial charge in [-0.3, -0.25) is 0 Å². The van der Waals surface area contributed by atoms with E-state index in [1.807, 2.05) is 6.92 Å². The first-order valence-corrected chi connectivity index (χ1v) is 9.23. The molecular formula is C17H21N9O2. The van der Waals surface area contributed by atoms with Crippen molar-refractivity contribution in [1.82, 2.24) is 34.7 Å². The first-order valence-electron chi connectivity index (χ1n) is 9.23. The van der Waals surface area contributed by atoms with Gasteiger partial charge in [0, 0.05) is 6.04 Å². The lowest BCUT2D eigenvalue weighted by Crippen LogP contribution is -2.34. The molecule has 3 aromatic heterocycles. The first kappa shape index (κ1) is 18.0. The summed E-state index contributed by atoms with van der Waals surface area (Å²) in [6, 6.07) is 3.98. The summed E-state index contributed by atoms with van der Waals surface area (Å²) in [7, 11) is 1.56. The molecule has 0 bridgehead atoms. The minimum absolute atomic E-state index is 0.131. The fourth-order valence-electron chi connectivity index (χ4n) is 3.50. The highest BCUT2D eigenvalue weighted by atomic mass is 16.6. The van der Waals surface area contributed by atoms with Crippen LogP contribution in [-0.2, 0) is 7.05 Å². The second kappa shape index (κ2) is 7.33. The van der Waals surface area contributed by atoms with Crippen LogP contribution >= 0.6 is 0 Å². The minimum Gasteiger partial charge on any atom is -0.371 e. The van der Waals surface area contributed by atoms with Crippen LogP contribution in [0.25, 0.3) is 17.3 Å². The highest BCUT2D eigenvalue weighted by Crippen LogP contribution is 2.22. The summed E-state index contributed by atoms with van der Waals surface area (Å²) in [6.07, 6.45) is 7.30. The molecule has 0 atom stereocenters. The summed E-state index contributed by atoms with van der Waals surface area (Å²) in [5.41, 5.74) is 0.512. The molecule has 4 rings (SSSR count). The van der Waals surface area contributed by atoms with Crippen molar-refractivity contribution in [2.24, 2.45) is 12.0 Å². The van der Waals surface area contributed by atoms with E-state index >= 15 is 0 Å². The van der Waals surface area contributed by atoms with Crippen molar-refractivity contribution in [2.45, 2.75) is 45.1 Å². The highest BCUT2D eigenvalue weighted by molar-refractivity contribution is 5.82. The van der Waals surface area contributed by atoms with E-state index in [2.05, 4.69) is 30.6 Å². The Morgan fingerprint density at radius 1 is 1.25 bits per heavy atom. The van der Waals surface area contributed by atoms with Gasteiger partial charge in [-0.1, -0.05) is 19.3 Å². The monoisotopic (exact) mass is 383 g/mol. The highest BCUT2D eigenvalue weighted by Gasteiger charge is 2.23. The fraction of sp³-hybridized carbons (Fsp3) is 0.471. The van der Waals surface area contributed by atoms with Crippen LogP contribution in [0.5, 0.6) is 0 Å². The molecular weight excluding hydrogens is 362 g/mol. The Balaban J connectivity index is 1.64. The number of fused-ring (bicyclic) bond motifs is 1. The quantitative estimate of drug-likeness (QED) is 0.317. The molecule has 0 unspecified atom stereocenters. The zero-order chi connectivity index (χ0) is 19.7. The third-order valence-electron chi connectivity index (χ3n) is 4.90. The van der Waals surface area contributed by atoms with Gasteiger partial charge in [-0.25, -0.2) is 14.5 Å². The molecule has 0 aliphatic heterocycles. The van der Waals surface area contributed by atoms with Crippen molar-refractivity contribution < 1.29 is 4.92 Å². The third-order valence-corrected chi connectivity index (χ3v) is 4.90. The summed E-state index contributed by atoms with van der Waals surface area (Å²) in [6.45, 7) is 1.93. The van der Waals surface area contributed by atoms with Gasteiger partial charge in [0.1, 0.15) is 12.0 Å². The van der Waals surface area contributed by atoms with Gasteiger partial charge in [0.2, 0.25) is 5.82 Å². The molecule has 0 radical (unpaired) electrons. The molecule has 3 heterocycles. The van der Waals surface area contributed by atoms with Gasteiger partial charge in [0.25, 0.3) is 5.82 Å². The molecule has 0 saturated heterocycles. The van der Waals surface area contributed by atoms with Gasteiger partial charge >= 0.3 is 5.82 Å². The number of rotatable bonds is 4. The Morgan fingerprint density at radius 2 is 2.04 bits per heavy atom. The number of nitrogens with zero attached hydrogens (tertiary/aromatic N) is 8. The second-order valence-corrected chi connectivity index (χ2v) is 6.92. The van der Waals surface area contributed by atoms with Gasteiger partial charge in [-0.2, -0.15) is 4.52 Å². The van der Waals surface area contributed by atoms with E-state index in [0.717, 1.165) is 18.7 Å². The number of nitrogens with one attached hydrogen (secondary N) is 1. The molecule has 1 aliphatic rings. The number of amidine groups is 1. The van der Waals surface area contributed by atoms with Crippen molar-refractivity contribution in [2.75, 3.05) is 0 Å². The Labute approximate surface area is 160 Å². The van der Waals surface area contributed by atoms with E-state index in [-0.39, 0.29) is 5.82 Å². The van der Waals surface area contributed by atoms with Crippen LogP contribution < -0.4 is 5.32 Å². The van der Waals surface area contributed by atoms with Gasteiger partial charge in [0.05, 0.1) is 7.05 Å². The van der Waals surface area contributed by atoms with Crippen molar-refractivity contribution in [3.05, 3.63) is 28.4 Å². The van der Waals surface area contributed by atoms with Crippen molar-refractivity contribution in [3.8, 4) is 11.6 Å². The second-order valence-electron chi connectivity index (χ2n) is 6.92. The zero-order valence-electron chi connectivity index (χ0n) is 15.7. The van der Waals surface area contributed by atoms with Crippen LogP contribution in [0, 0.1) is 10.1 Å². The average Bonchev–Trinajstić information content (AvgIpc) is 3.25. The SMILES string of the molecule is CC(=Nc1ccc2nnc(-c3ncc([N+](=O)[O-])n3C)n2n1)NC1CCCCC1. The van der Waals surface area contributed by atoms with E-state index in [1.54, 1.807) is 19.2 Å². The summed E-state index contributed by atoms with van der Waals surface area (Å²) in [5, 5.41) is 27.2. The summed E-state index contributed by atoms with van der Waals surface area (Å²) >= 11 is 0. The number of nitro groups is 1. The molecule has 1 N–H and O–H groups in total. The molecule has 11 nitrogen and oxygen atoms in total. The first-order chi connectivity index (χ1) is 13.5. The average molecular weight is 383 g/mol. The predicted octanol–water partition coefficient (Wildman–Crippen LogP) is 2.41. The molecule has 1 saturated carbocycles. The van der Waals surface area contributed by atoms with Crippen LogP contribution in [0.15, 0.2) is 23.3 Å². The standard InChI is InChI=1S/C17H21N9O2/c1-11(19-12-6-4-3-5-7-12)20-13-8-9-14-21-22-17(25(14)23-13)16-18-10-15(24(16)2)26(27)28/h8-10,12H,3-7H2,1-2H3,(H,19,20,23). The van der Waals surface area contributed by atoms with Gasteiger partial charge in [-0.05, 0) is 36.8 Å². The van der Waals surface area contributed by atoms with E-state index in [0.29, 0.717) is 29.2 Å². The van der Waals surface area contributed by atoms with Crippen LogP contribution in [0.3, 0.4) is 0 Å². The summed E-state index contributed by atoms with van der Waals surface area (Å²) in [4.78, 5) is 19.2. The Kier molecular flexibility index (Phi) is 4.72. The normalized spacial score (nSPS) is 15.9. The molecule has 0 amide bonds. The number of hydrogen-bond acceptors (Lipinski definition) is 7. The Morgan fingerprint density at radius 3 is 2.75 bits per heavy atom. The van der Waals surface area contributed by atoms with E-state index in [4.69, 9.17) is 0 Å². The molecule has 1 fully saturated rings. The predicted molar refractivity (Wildman–Crippen MR) is 102 cm³/mol. The minimum atomic E-state index is -0.497. The van der Waals surface area contributed by atoms with E-state index in [9.17, 15) is 10.1 Å². The Bertz CT molecular complexity index is 1050. The topological polar surface area (TPSA) is 128 Å². The van der Waals surface area contributed by atoms with E-state index < -0.39 is 4.92 Å². The molecule has 146 valence electrons. The summed E-state index contributed by atoms with van der Waals surface area (Å²) in [5.74, 6) is 1.80. The maximum atomic E-state index is 11.1. The molecule has 11 heteroatoms. The number of hydrogen-bond donors (Lipinski definition) is 1. The van der Waals surface area contributed by atoms with Gasteiger partial charge < -0.3 is 15.4 Å². The Hall–Kier alpha value is -3.37. The van der Waals surface area contributed by atoms with Crippen molar-refractivity contribution in [3.63, 3.8) is 0 Å². The molecule has 0 spiro atoms. The largest absolute Gasteiger partial charge is 0.371 e. The molecule has 3 aromatic rings. The van der Waals surface area contributed by atoms with Crippen LogP contribution in [0.2, 0.25) is 0 Å². The van der Waals surface area contributed by atoms with Gasteiger partial charge in [0.15, 0.2) is 11.5 Å². The lowest BCUT2D eigenvalue weighted by atomic mass is 9.95. The van der Waals surface area contributed by atoms with E-state index in [1.165, 1.54) is 34.5 Å². The summed E-state index contributed by atoms with van der Waals surface area (Å²) < 4.78 is 2.85. The maximum Gasteiger partial charge on any atom is 0.343 e.